The van der Waals surface area contributed by atoms with E-state index in [1.54, 1.807) is 11.0 Å². The second-order valence-corrected chi connectivity index (χ2v) is 6.31. The van der Waals surface area contributed by atoms with Crippen molar-refractivity contribution in [1.29, 1.82) is 0 Å². The highest BCUT2D eigenvalue weighted by Gasteiger charge is 2.25. The van der Waals surface area contributed by atoms with Gasteiger partial charge >= 0.3 is 0 Å². The number of carbonyl (C=O) groups excluding carboxylic acids is 1. The lowest BCUT2D eigenvalue weighted by atomic mass is 10.1. The van der Waals surface area contributed by atoms with Crippen molar-refractivity contribution < 1.29 is 9.53 Å². The van der Waals surface area contributed by atoms with Crippen LogP contribution in [0.2, 0.25) is 0 Å². The van der Waals surface area contributed by atoms with Crippen LogP contribution < -0.4 is 0 Å². The molecule has 132 valence electrons. The van der Waals surface area contributed by atoms with Gasteiger partial charge in [-0.25, -0.2) is 9.67 Å². The molecule has 4 rings (SSSR count). The minimum absolute atomic E-state index is 0.0431. The number of carbonyl (C=O) groups is 1. The summed E-state index contributed by atoms with van der Waals surface area (Å²) in [6, 6.07) is 17.7. The topological polar surface area (TPSA) is 60.2 Å². The summed E-state index contributed by atoms with van der Waals surface area (Å²) in [5.41, 5.74) is 2.88. The van der Waals surface area contributed by atoms with Crippen LogP contribution in [0.25, 0.3) is 0 Å². The largest absolute Gasteiger partial charge is 0.370 e. The molecule has 1 aliphatic heterocycles. The summed E-state index contributed by atoms with van der Waals surface area (Å²) in [5.74, 6) is 0.0431. The molecule has 1 amide bonds. The van der Waals surface area contributed by atoms with E-state index in [1.807, 2.05) is 59.5 Å². The Hall–Kier alpha value is -2.99. The molecule has 0 bridgehead atoms. The molecule has 6 nitrogen and oxygen atoms in total. The molecule has 6 heteroatoms. The van der Waals surface area contributed by atoms with E-state index in [0.717, 1.165) is 11.1 Å². The predicted octanol–water partition coefficient (Wildman–Crippen LogP) is 2.54. The third-order valence-corrected chi connectivity index (χ3v) is 4.54. The van der Waals surface area contributed by atoms with E-state index in [4.69, 9.17) is 4.74 Å². The summed E-state index contributed by atoms with van der Waals surface area (Å²) in [6.07, 6.45) is 3.12. The molecule has 1 fully saturated rings. The summed E-state index contributed by atoms with van der Waals surface area (Å²) < 4.78 is 7.60. The number of benzene rings is 2. The van der Waals surface area contributed by atoms with Crippen molar-refractivity contribution in [3.8, 4) is 0 Å². The van der Waals surface area contributed by atoms with Crippen LogP contribution in [-0.2, 0) is 11.3 Å². The average molecular weight is 348 g/mol. The number of amides is 1. The summed E-state index contributed by atoms with van der Waals surface area (Å²) in [4.78, 5) is 18.7. The maximum absolute atomic E-state index is 12.8. The van der Waals surface area contributed by atoms with Gasteiger partial charge in [-0.3, -0.25) is 4.79 Å². The molecule has 1 atom stereocenters. The molecule has 0 radical (unpaired) electrons. The Labute approximate surface area is 152 Å². The quantitative estimate of drug-likeness (QED) is 0.727. The molecular formula is C20H20N4O2. The Kier molecular flexibility index (Phi) is 4.75. The highest BCUT2D eigenvalue weighted by molar-refractivity contribution is 5.94. The molecule has 2 aromatic carbocycles. The van der Waals surface area contributed by atoms with Gasteiger partial charge in [0.05, 0.1) is 19.7 Å². The average Bonchev–Trinajstić information content (AvgIpc) is 3.22. The second kappa shape index (κ2) is 7.49. The van der Waals surface area contributed by atoms with Crippen molar-refractivity contribution >= 4 is 5.91 Å². The minimum atomic E-state index is -0.0690. The highest BCUT2D eigenvalue weighted by Crippen LogP contribution is 2.23. The Morgan fingerprint density at radius 1 is 1.12 bits per heavy atom. The summed E-state index contributed by atoms with van der Waals surface area (Å²) in [7, 11) is 0. The predicted molar refractivity (Wildman–Crippen MR) is 96.6 cm³/mol. The summed E-state index contributed by atoms with van der Waals surface area (Å²) in [5, 5.41) is 4.10. The number of aromatic nitrogens is 3. The molecule has 1 aromatic heterocycles. The minimum Gasteiger partial charge on any atom is -0.370 e. The van der Waals surface area contributed by atoms with Gasteiger partial charge in [-0.2, -0.15) is 5.10 Å². The van der Waals surface area contributed by atoms with Crippen LogP contribution in [0.1, 0.15) is 27.6 Å². The molecule has 26 heavy (non-hydrogen) atoms. The number of hydrogen-bond acceptors (Lipinski definition) is 4. The molecule has 0 spiro atoms. The van der Waals surface area contributed by atoms with Gasteiger partial charge in [0, 0.05) is 12.1 Å². The third kappa shape index (κ3) is 3.65. The lowest BCUT2D eigenvalue weighted by Gasteiger charge is -2.33. The lowest BCUT2D eigenvalue weighted by Crippen LogP contribution is -2.42. The van der Waals surface area contributed by atoms with Crippen LogP contribution in [-0.4, -0.2) is 45.3 Å². The Balaban J connectivity index is 1.43. The zero-order valence-electron chi connectivity index (χ0n) is 14.4. The SMILES string of the molecule is O=C(c1ccc(Cn2cncn2)cc1)N1CCO[C@@H](c2ccccc2)C1. The summed E-state index contributed by atoms with van der Waals surface area (Å²) >= 11 is 0. The first-order chi connectivity index (χ1) is 12.8. The number of hydrogen-bond donors (Lipinski definition) is 0. The first-order valence-electron chi connectivity index (χ1n) is 8.67. The van der Waals surface area contributed by atoms with Crippen LogP contribution in [0.3, 0.4) is 0 Å². The molecule has 0 unspecified atom stereocenters. The maximum atomic E-state index is 12.8. The van der Waals surface area contributed by atoms with Gasteiger partial charge < -0.3 is 9.64 Å². The van der Waals surface area contributed by atoms with Gasteiger partial charge in [-0.15, -0.1) is 0 Å². The number of rotatable bonds is 4. The zero-order valence-corrected chi connectivity index (χ0v) is 14.4. The number of nitrogens with zero attached hydrogens (tertiary/aromatic N) is 4. The fraction of sp³-hybridized carbons (Fsp3) is 0.250. The van der Waals surface area contributed by atoms with Crippen LogP contribution in [0, 0.1) is 0 Å². The van der Waals surface area contributed by atoms with Crippen molar-refractivity contribution in [3.63, 3.8) is 0 Å². The molecule has 1 aliphatic rings. The van der Waals surface area contributed by atoms with Crippen LogP contribution in [0.5, 0.6) is 0 Å². The van der Waals surface area contributed by atoms with E-state index in [-0.39, 0.29) is 12.0 Å². The van der Waals surface area contributed by atoms with E-state index in [2.05, 4.69) is 10.1 Å². The van der Waals surface area contributed by atoms with Gasteiger partial charge in [0.15, 0.2) is 0 Å². The molecule has 0 N–H and O–H groups in total. The van der Waals surface area contributed by atoms with Crippen molar-refractivity contribution in [2.75, 3.05) is 19.7 Å². The summed E-state index contributed by atoms with van der Waals surface area (Å²) in [6.45, 7) is 2.38. The van der Waals surface area contributed by atoms with E-state index in [0.29, 0.717) is 31.8 Å². The van der Waals surface area contributed by atoms with Crippen molar-refractivity contribution in [2.45, 2.75) is 12.6 Å². The van der Waals surface area contributed by atoms with Crippen LogP contribution in [0.4, 0.5) is 0 Å². The lowest BCUT2D eigenvalue weighted by molar-refractivity contribution is -0.0228. The van der Waals surface area contributed by atoms with Gasteiger partial charge in [-0.1, -0.05) is 42.5 Å². The van der Waals surface area contributed by atoms with Gasteiger partial charge in [0.25, 0.3) is 5.91 Å². The van der Waals surface area contributed by atoms with Crippen LogP contribution in [0.15, 0.2) is 67.3 Å². The molecular weight excluding hydrogens is 328 g/mol. The normalized spacial score (nSPS) is 17.2. The Morgan fingerprint density at radius 2 is 1.92 bits per heavy atom. The number of morpholine rings is 1. The van der Waals surface area contributed by atoms with Crippen molar-refractivity contribution in [2.24, 2.45) is 0 Å². The van der Waals surface area contributed by atoms with Crippen molar-refractivity contribution in [1.82, 2.24) is 19.7 Å². The number of ether oxygens (including phenoxy) is 1. The van der Waals surface area contributed by atoms with Crippen molar-refractivity contribution in [3.05, 3.63) is 83.9 Å². The van der Waals surface area contributed by atoms with Gasteiger partial charge in [0.2, 0.25) is 0 Å². The fourth-order valence-electron chi connectivity index (χ4n) is 3.14. The van der Waals surface area contributed by atoms with E-state index < -0.39 is 0 Å². The Morgan fingerprint density at radius 3 is 2.65 bits per heavy atom. The first-order valence-corrected chi connectivity index (χ1v) is 8.67. The monoisotopic (exact) mass is 348 g/mol. The molecule has 1 saturated heterocycles. The van der Waals surface area contributed by atoms with E-state index >= 15 is 0 Å². The standard InChI is InChI=1S/C20H20N4O2/c25-20(18-8-6-16(7-9-18)12-24-15-21-14-22-24)23-10-11-26-19(13-23)17-4-2-1-3-5-17/h1-9,14-15,19H,10-13H2/t19-/m1/s1. The fourth-order valence-corrected chi connectivity index (χ4v) is 3.14. The second-order valence-electron chi connectivity index (χ2n) is 6.31. The highest BCUT2D eigenvalue weighted by atomic mass is 16.5. The van der Waals surface area contributed by atoms with E-state index in [9.17, 15) is 4.79 Å². The van der Waals surface area contributed by atoms with Gasteiger partial charge in [-0.05, 0) is 23.3 Å². The van der Waals surface area contributed by atoms with Crippen LogP contribution >= 0.6 is 0 Å². The smallest absolute Gasteiger partial charge is 0.254 e. The zero-order chi connectivity index (χ0) is 17.8. The molecule has 0 aliphatic carbocycles. The van der Waals surface area contributed by atoms with E-state index in [1.165, 1.54) is 6.33 Å². The molecule has 2 heterocycles. The molecule has 0 saturated carbocycles. The first kappa shape index (κ1) is 16.5. The molecule has 3 aromatic rings. The third-order valence-electron chi connectivity index (χ3n) is 4.54. The Bertz CT molecular complexity index is 847. The van der Waals surface area contributed by atoms with Gasteiger partial charge in [0.1, 0.15) is 18.8 Å². The maximum Gasteiger partial charge on any atom is 0.254 e.